The average Bonchev–Trinajstić information content (AvgIpc) is 3.27. The molecule has 13 heteroatoms. The SMILES string of the molecule is CC/C=C\C/C=C\C/C=C\CCCCCCCC(=O)OC(COCCCCCCCCCCCCCCCCCCCCCCC)COP(=O)(O)OC1C(O)C(O)C(O)C(O)C1O. The lowest BCUT2D eigenvalue weighted by Gasteiger charge is -2.41. The van der Waals surface area contributed by atoms with E-state index in [9.17, 15) is 39.8 Å². The number of ether oxygens (including phenoxy) is 2. The summed E-state index contributed by atoms with van der Waals surface area (Å²) in [6.07, 6.45) is 36.5. The van der Waals surface area contributed by atoms with Gasteiger partial charge in [-0.15, -0.1) is 0 Å². The summed E-state index contributed by atoms with van der Waals surface area (Å²) in [6.45, 7) is 4.16. The molecule has 6 atom stereocenters. The van der Waals surface area contributed by atoms with Gasteiger partial charge in [0.25, 0.3) is 0 Å². The van der Waals surface area contributed by atoms with Gasteiger partial charge in [-0.25, -0.2) is 4.57 Å². The lowest BCUT2D eigenvalue weighted by atomic mass is 9.85. The summed E-state index contributed by atoms with van der Waals surface area (Å²) in [6, 6.07) is 0. The minimum Gasteiger partial charge on any atom is -0.457 e. The Hall–Kier alpha value is -1.44. The number of carbonyl (C=O) groups excluding carboxylic acids is 1. The van der Waals surface area contributed by atoms with Crippen molar-refractivity contribution in [1.82, 2.24) is 0 Å². The molecule has 0 saturated heterocycles. The Labute approximate surface area is 382 Å². The standard InChI is InChI=1S/C50H93O12P/c1-3-5-7-9-11-13-15-17-19-20-21-22-23-24-26-28-30-32-34-36-38-40-59-41-43(42-60-63(57,58)62-50-48(55)46(53)45(52)47(54)49(50)56)61-44(51)39-37-35-33-31-29-27-25-18-16-14-12-10-8-6-4-2/h6,8,12,14,18,25,43,45-50,52-56H,3-5,7,9-11,13,15-17,19-24,26-42H2,1-2H3,(H,57,58)/b8-6-,14-12-,25-18-. The number of rotatable bonds is 43. The molecular formula is C50H93O12P. The van der Waals surface area contributed by atoms with E-state index in [-0.39, 0.29) is 13.0 Å². The smallest absolute Gasteiger partial charge is 0.457 e. The van der Waals surface area contributed by atoms with Gasteiger partial charge in [0.1, 0.15) is 42.7 Å². The van der Waals surface area contributed by atoms with E-state index in [0.29, 0.717) is 13.0 Å². The van der Waals surface area contributed by atoms with E-state index < -0.39 is 63.1 Å². The fraction of sp³-hybridized carbons (Fsp3) is 0.860. The van der Waals surface area contributed by atoms with Gasteiger partial charge in [-0.2, -0.15) is 0 Å². The van der Waals surface area contributed by atoms with Gasteiger partial charge in [0.2, 0.25) is 0 Å². The molecule has 0 aromatic rings. The van der Waals surface area contributed by atoms with E-state index in [4.69, 9.17) is 18.5 Å². The zero-order valence-electron chi connectivity index (χ0n) is 39.6. The Kier molecular flexibility index (Phi) is 38.6. The lowest BCUT2D eigenvalue weighted by molar-refractivity contribution is -0.220. The van der Waals surface area contributed by atoms with Crippen LogP contribution in [0.1, 0.15) is 213 Å². The monoisotopic (exact) mass is 917 g/mol. The number of carbonyl (C=O) groups is 1. The topological polar surface area (TPSA) is 192 Å². The number of hydrogen-bond acceptors (Lipinski definition) is 11. The molecule has 370 valence electrons. The van der Waals surface area contributed by atoms with Crippen LogP contribution in [0.15, 0.2) is 36.5 Å². The van der Waals surface area contributed by atoms with Crippen molar-refractivity contribution >= 4 is 13.8 Å². The normalized spacial score (nSPS) is 22.1. The molecule has 6 N–H and O–H groups in total. The van der Waals surface area contributed by atoms with Crippen LogP contribution < -0.4 is 0 Å². The van der Waals surface area contributed by atoms with Crippen molar-refractivity contribution in [3.63, 3.8) is 0 Å². The molecule has 0 radical (unpaired) electrons. The minimum absolute atomic E-state index is 0.0809. The van der Waals surface area contributed by atoms with E-state index in [1.807, 2.05) is 0 Å². The van der Waals surface area contributed by atoms with Gasteiger partial charge in [-0.1, -0.05) is 198 Å². The first kappa shape index (κ1) is 59.6. The highest BCUT2D eigenvalue weighted by Gasteiger charge is 2.51. The molecule has 1 aliphatic rings. The number of phosphoric acid groups is 1. The van der Waals surface area contributed by atoms with Crippen LogP contribution in [-0.4, -0.2) is 98.9 Å². The Bertz CT molecular complexity index is 1180. The van der Waals surface area contributed by atoms with Crippen molar-refractivity contribution in [3.8, 4) is 0 Å². The fourth-order valence-corrected chi connectivity index (χ4v) is 8.76. The Morgan fingerprint density at radius 1 is 0.524 bits per heavy atom. The van der Waals surface area contributed by atoms with Crippen LogP contribution in [-0.2, 0) is 27.9 Å². The summed E-state index contributed by atoms with van der Waals surface area (Å²) in [5.74, 6) is -0.491. The highest BCUT2D eigenvalue weighted by molar-refractivity contribution is 7.47. The van der Waals surface area contributed by atoms with Crippen molar-refractivity contribution in [2.75, 3.05) is 19.8 Å². The van der Waals surface area contributed by atoms with Crippen molar-refractivity contribution in [3.05, 3.63) is 36.5 Å². The number of phosphoric ester groups is 1. The van der Waals surface area contributed by atoms with Crippen molar-refractivity contribution in [2.45, 2.75) is 256 Å². The van der Waals surface area contributed by atoms with Gasteiger partial charge in [0, 0.05) is 13.0 Å². The van der Waals surface area contributed by atoms with Crippen molar-refractivity contribution < 1.29 is 58.3 Å². The maximum atomic E-state index is 12.8. The first-order valence-corrected chi connectivity index (χ1v) is 26.8. The largest absolute Gasteiger partial charge is 0.472 e. The van der Waals surface area contributed by atoms with Gasteiger partial charge in [0.05, 0.1) is 13.2 Å². The third-order valence-electron chi connectivity index (χ3n) is 11.8. The van der Waals surface area contributed by atoms with Crippen LogP contribution in [0.2, 0.25) is 0 Å². The maximum Gasteiger partial charge on any atom is 0.472 e. The predicted octanol–water partition coefficient (Wildman–Crippen LogP) is 11.0. The molecule has 0 aliphatic heterocycles. The molecule has 0 bridgehead atoms. The molecule has 0 spiro atoms. The average molecular weight is 917 g/mol. The lowest BCUT2D eigenvalue weighted by Crippen LogP contribution is -2.64. The third-order valence-corrected chi connectivity index (χ3v) is 12.8. The summed E-state index contributed by atoms with van der Waals surface area (Å²) in [7, 11) is -5.02. The number of esters is 1. The van der Waals surface area contributed by atoms with Gasteiger partial charge in [-0.05, 0) is 44.9 Å². The highest BCUT2D eigenvalue weighted by atomic mass is 31.2. The van der Waals surface area contributed by atoms with Crippen LogP contribution in [0, 0.1) is 0 Å². The second-order valence-electron chi connectivity index (χ2n) is 17.6. The molecular weight excluding hydrogens is 824 g/mol. The third kappa shape index (κ3) is 32.8. The molecule has 63 heavy (non-hydrogen) atoms. The summed E-state index contributed by atoms with van der Waals surface area (Å²) in [5.41, 5.74) is 0. The molecule has 0 aromatic heterocycles. The van der Waals surface area contributed by atoms with Crippen LogP contribution in [0.4, 0.5) is 0 Å². The van der Waals surface area contributed by atoms with E-state index in [0.717, 1.165) is 70.6 Å². The minimum atomic E-state index is -5.02. The number of unbranched alkanes of at least 4 members (excludes halogenated alkanes) is 25. The van der Waals surface area contributed by atoms with E-state index in [2.05, 4.69) is 50.3 Å². The van der Waals surface area contributed by atoms with Crippen LogP contribution >= 0.6 is 7.82 Å². The molecule has 0 heterocycles. The molecule has 6 unspecified atom stereocenters. The van der Waals surface area contributed by atoms with Crippen LogP contribution in [0.3, 0.4) is 0 Å². The first-order chi connectivity index (χ1) is 30.5. The molecule has 0 amide bonds. The Morgan fingerprint density at radius 2 is 0.937 bits per heavy atom. The maximum absolute atomic E-state index is 12.8. The summed E-state index contributed by atoms with van der Waals surface area (Å²) >= 11 is 0. The number of allylic oxidation sites excluding steroid dienone is 6. The zero-order valence-corrected chi connectivity index (χ0v) is 40.5. The number of aliphatic hydroxyl groups excluding tert-OH is 5. The van der Waals surface area contributed by atoms with E-state index >= 15 is 0 Å². The Balaban J connectivity index is 2.33. The van der Waals surface area contributed by atoms with Gasteiger partial charge in [-0.3, -0.25) is 13.8 Å². The van der Waals surface area contributed by atoms with Gasteiger partial charge < -0.3 is 39.9 Å². The molecule has 1 aliphatic carbocycles. The fourth-order valence-electron chi connectivity index (χ4n) is 7.78. The molecule has 12 nitrogen and oxygen atoms in total. The van der Waals surface area contributed by atoms with Crippen molar-refractivity contribution in [2.24, 2.45) is 0 Å². The van der Waals surface area contributed by atoms with Gasteiger partial charge >= 0.3 is 13.8 Å². The highest BCUT2D eigenvalue weighted by Crippen LogP contribution is 2.47. The number of aliphatic hydroxyl groups is 5. The van der Waals surface area contributed by atoms with Crippen molar-refractivity contribution in [1.29, 1.82) is 0 Å². The van der Waals surface area contributed by atoms with Crippen LogP contribution in [0.25, 0.3) is 0 Å². The molecule has 0 aromatic carbocycles. The summed E-state index contributed by atoms with van der Waals surface area (Å²) in [4.78, 5) is 23.2. The summed E-state index contributed by atoms with van der Waals surface area (Å²) in [5, 5.41) is 50.3. The van der Waals surface area contributed by atoms with Gasteiger partial charge in [0.15, 0.2) is 0 Å². The van der Waals surface area contributed by atoms with Crippen LogP contribution in [0.5, 0.6) is 0 Å². The Morgan fingerprint density at radius 3 is 1.43 bits per heavy atom. The summed E-state index contributed by atoms with van der Waals surface area (Å²) < 4.78 is 34.3. The number of hydrogen-bond donors (Lipinski definition) is 6. The first-order valence-electron chi connectivity index (χ1n) is 25.3. The molecule has 1 rings (SSSR count). The quantitative estimate of drug-likeness (QED) is 0.0147. The zero-order chi connectivity index (χ0) is 46.2. The molecule has 1 fully saturated rings. The molecule has 1 saturated carbocycles. The van der Waals surface area contributed by atoms with E-state index in [1.165, 1.54) is 116 Å². The van der Waals surface area contributed by atoms with E-state index in [1.54, 1.807) is 0 Å². The second-order valence-corrected chi connectivity index (χ2v) is 19.1. The second kappa shape index (κ2) is 40.8. The predicted molar refractivity (Wildman–Crippen MR) is 253 cm³/mol.